The molecule has 1 heterocycles. The van der Waals surface area contributed by atoms with Crippen LogP contribution in [0.25, 0.3) is 0 Å². The summed E-state index contributed by atoms with van der Waals surface area (Å²) in [7, 11) is 1.90. The Bertz CT molecular complexity index is 1010. The van der Waals surface area contributed by atoms with Crippen molar-refractivity contribution in [2.24, 2.45) is 5.92 Å². The summed E-state index contributed by atoms with van der Waals surface area (Å²) in [4.78, 5) is 15.0. The number of rotatable bonds is 7. The van der Waals surface area contributed by atoms with Gasteiger partial charge in [0.25, 0.3) is 5.91 Å². The third-order valence-corrected chi connectivity index (χ3v) is 5.97. The van der Waals surface area contributed by atoms with Crippen molar-refractivity contribution in [2.45, 2.75) is 12.8 Å². The van der Waals surface area contributed by atoms with E-state index in [0.717, 1.165) is 54.4 Å². The molecular formula is C26H30N4O2. The van der Waals surface area contributed by atoms with Crippen molar-refractivity contribution in [3.05, 3.63) is 78.4 Å². The number of aliphatic hydroxyl groups excluding tert-OH is 1. The fraction of sp³-hybridized carbons (Fsp3) is 0.269. The Morgan fingerprint density at radius 2 is 1.38 bits per heavy atom. The summed E-state index contributed by atoms with van der Waals surface area (Å²) in [5.74, 6) is 0.288. The average Bonchev–Trinajstić information content (AvgIpc) is 2.86. The molecule has 0 saturated carbocycles. The summed E-state index contributed by atoms with van der Waals surface area (Å²) in [6, 6.07) is 23.5. The number of piperidine rings is 1. The minimum absolute atomic E-state index is 0.126. The molecule has 4 N–H and O–H groups in total. The highest BCUT2D eigenvalue weighted by atomic mass is 16.3. The average molecular weight is 431 g/mol. The van der Waals surface area contributed by atoms with Gasteiger partial charge in [-0.1, -0.05) is 0 Å². The molecule has 6 nitrogen and oxygen atoms in total. The van der Waals surface area contributed by atoms with Gasteiger partial charge in [-0.3, -0.25) is 4.79 Å². The number of nitrogens with one attached hydrogen (secondary N) is 3. The van der Waals surface area contributed by atoms with Gasteiger partial charge in [0.1, 0.15) is 0 Å². The molecule has 1 saturated heterocycles. The maximum Gasteiger partial charge on any atom is 0.255 e. The van der Waals surface area contributed by atoms with Crippen molar-refractivity contribution >= 4 is 34.3 Å². The van der Waals surface area contributed by atoms with Crippen LogP contribution in [0.1, 0.15) is 23.2 Å². The summed E-state index contributed by atoms with van der Waals surface area (Å²) in [5.41, 5.74) is 5.52. The van der Waals surface area contributed by atoms with Gasteiger partial charge in [0.05, 0.1) is 0 Å². The molecule has 0 unspecified atom stereocenters. The maximum absolute atomic E-state index is 12.6. The molecule has 0 aromatic heterocycles. The zero-order valence-corrected chi connectivity index (χ0v) is 18.3. The Balaban J connectivity index is 1.32. The maximum atomic E-state index is 12.6. The van der Waals surface area contributed by atoms with E-state index in [2.05, 4.69) is 20.9 Å². The largest absolute Gasteiger partial charge is 0.396 e. The number of anilines is 5. The van der Waals surface area contributed by atoms with E-state index < -0.39 is 0 Å². The van der Waals surface area contributed by atoms with E-state index >= 15 is 0 Å². The van der Waals surface area contributed by atoms with Crippen LogP contribution >= 0.6 is 0 Å². The fourth-order valence-corrected chi connectivity index (χ4v) is 3.92. The third-order valence-electron chi connectivity index (χ3n) is 5.97. The smallest absolute Gasteiger partial charge is 0.255 e. The number of carbonyl (C=O) groups excluding carboxylic acids is 1. The van der Waals surface area contributed by atoms with Gasteiger partial charge in [-0.05, 0) is 91.6 Å². The Morgan fingerprint density at radius 3 is 1.91 bits per heavy atom. The van der Waals surface area contributed by atoms with Crippen LogP contribution < -0.4 is 20.9 Å². The van der Waals surface area contributed by atoms with Crippen molar-refractivity contribution in [2.75, 3.05) is 47.6 Å². The molecule has 0 atom stereocenters. The van der Waals surface area contributed by atoms with Gasteiger partial charge in [-0.2, -0.15) is 0 Å². The van der Waals surface area contributed by atoms with Crippen molar-refractivity contribution in [3.63, 3.8) is 0 Å². The van der Waals surface area contributed by atoms with Gasteiger partial charge in [0.15, 0.2) is 0 Å². The zero-order valence-electron chi connectivity index (χ0n) is 18.3. The number of benzene rings is 3. The SMILES string of the molecule is CNc1ccc(Nc2ccc(NC(=O)c3ccc(N4CCC(CO)CC4)cc3)cc2)cc1. The van der Waals surface area contributed by atoms with Gasteiger partial charge >= 0.3 is 0 Å². The number of amides is 1. The first kappa shape index (κ1) is 21.7. The molecule has 4 rings (SSSR count). The Labute approximate surface area is 189 Å². The fourth-order valence-electron chi connectivity index (χ4n) is 3.92. The summed E-state index contributed by atoms with van der Waals surface area (Å²) in [6.45, 7) is 2.15. The highest BCUT2D eigenvalue weighted by Gasteiger charge is 2.19. The lowest BCUT2D eigenvalue weighted by molar-refractivity contribution is 0.102. The summed E-state index contributed by atoms with van der Waals surface area (Å²) < 4.78 is 0. The van der Waals surface area contributed by atoms with Crippen LogP contribution in [0, 0.1) is 5.92 Å². The molecule has 1 aliphatic rings. The van der Waals surface area contributed by atoms with Crippen LogP contribution in [0.2, 0.25) is 0 Å². The van der Waals surface area contributed by atoms with E-state index in [4.69, 9.17) is 0 Å². The van der Waals surface area contributed by atoms with Crippen molar-refractivity contribution in [1.82, 2.24) is 0 Å². The second kappa shape index (κ2) is 10.2. The van der Waals surface area contributed by atoms with E-state index in [1.165, 1.54) is 0 Å². The molecule has 6 heteroatoms. The first-order chi connectivity index (χ1) is 15.6. The topological polar surface area (TPSA) is 76.6 Å². The van der Waals surface area contributed by atoms with Gasteiger partial charge in [0.2, 0.25) is 0 Å². The predicted octanol–water partition coefficient (Wildman–Crippen LogP) is 4.93. The molecule has 0 aliphatic carbocycles. The molecule has 0 spiro atoms. The molecule has 1 amide bonds. The van der Waals surface area contributed by atoms with Crippen LogP contribution in [0.3, 0.4) is 0 Å². The lowest BCUT2D eigenvalue weighted by atomic mass is 9.97. The van der Waals surface area contributed by atoms with Crippen LogP contribution in [-0.2, 0) is 0 Å². The van der Waals surface area contributed by atoms with Crippen molar-refractivity contribution in [3.8, 4) is 0 Å². The van der Waals surface area contributed by atoms with Crippen LogP contribution in [0.5, 0.6) is 0 Å². The van der Waals surface area contributed by atoms with E-state index in [-0.39, 0.29) is 12.5 Å². The standard InChI is InChI=1S/C26H30N4O2/c1-27-21-4-6-22(7-5-21)28-23-8-10-24(11-9-23)29-26(32)20-2-12-25(13-3-20)30-16-14-19(18-31)15-17-30/h2-13,19,27-28,31H,14-18H2,1H3,(H,29,32). The molecule has 166 valence electrons. The lowest BCUT2D eigenvalue weighted by Gasteiger charge is -2.32. The number of hydrogen-bond acceptors (Lipinski definition) is 5. The van der Waals surface area contributed by atoms with Gasteiger partial charge in [-0.15, -0.1) is 0 Å². The van der Waals surface area contributed by atoms with Gasteiger partial charge < -0.3 is 26.0 Å². The first-order valence-electron chi connectivity index (χ1n) is 11.1. The highest BCUT2D eigenvalue weighted by molar-refractivity contribution is 6.04. The number of carbonyl (C=O) groups is 1. The molecule has 1 fully saturated rings. The summed E-state index contributed by atoms with van der Waals surface area (Å²) >= 11 is 0. The second-order valence-corrected chi connectivity index (χ2v) is 8.14. The van der Waals surface area contributed by atoms with E-state index in [1.807, 2.05) is 79.8 Å². The van der Waals surface area contributed by atoms with Crippen LogP contribution in [-0.4, -0.2) is 37.8 Å². The van der Waals surface area contributed by atoms with Crippen molar-refractivity contribution in [1.29, 1.82) is 0 Å². The quantitative estimate of drug-likeness (QED) is 0.427. The lowest BCUT2D eigenvalue weighted by Crippen LogP contribution is -2.34. The van der Waals surface area contributed by atoms with Gasteiger partial charge in [0, 0.05) is 60.7 Å². The normalized spacial score (nSPS) is 14.1. The molecular weight excluding hydrogens is 400 g/mol. The van der Waals surface area contributed by atoms with E-state index in [9.17, 15) is 9.90 Å². The molecule has 32 heavy (non-hydrogen) atoms. The Hall–Kier alpha value is -3.51. The van der Waals surface area contributed by atoms with Gasteiger partial charge in [-0.25, -0.2) is 0 Å². The zero-order chi connectivity index (χ0) is 22.3. The Kier molecular flexibility index (Phi) is 6.92. The van der Waals surface area contributed by atoms with Crippen LogP contribution in [0.4, 0.5) is 28.4 Å². The van der Waals surface area contributed by atoms with E-state index in [1.54, 1.807) is 0 Å². The summed E-state index contributed by atoms with van der Waals surface area (Å²) in [6.07, 6.45) is 2.01. The molecule has 3 aromatic rings. The second-order valence-electron chi connectivity index (χ2n) is 8.14. The van der Waals surface area contributed by atoms with Crippen molar-refractivity contribution < 1.29 is 9.90 Å². The molecule has 0 radical (unpaired) electrons. The molecule has 1 aliphatic heterocycles. The first-order valence-corrected chi connectivity index (χ1v) is 11.1. The van der Waals surface area contributed by atoms with E-state index in [0.29, 0.717) is 11.5 Å². The van der Waals surface area contributed by atoms with Crippen LogP contribution in [0.15, 0.2) is 72.8 Å². The number of hydrogen-bond donors (Lipinski definition) is 4. The molecule has 0 bridgehead atoms. The number of aliphatic hydroxyl groups is 1. The Morgan fingerprint density at radius 1 is 0.844 bits per heavy atom. The minimum atomic E-state index is -0.126. The summed E-state index contributed by atoms with van der Waals surface area (Å²) in [5, 5.41) is 18.7. The third kappa shape index (κ3) is 5.39. The minimum Gasteiger partial charge on any atom is -0.396 e. The predicted molar refractivity (Wildman–Crippen MR) is 132 cm³/mol. The monoisotopic (exact) mass is 430 g/mol. The highest BCUT2D eigenvalue weighted by Crippen LogP contribution is 2.24. The molecule has 3 aromatic carbocycles. The number of nitrogens with zero attached hydrogens (tertiary/aromatic N) is 1.